The molecule has 6 nitrogen and oxygen atoms in total. The van der Waals surface area contributed by atoms with Gasteiger partial charge in [0.15, 0.2) is 0 Å². The Morgan fingerprint density at radius 2 is 1.59 bits per heavy atom. The molecule has 7 heteroatoms. The second-order valence-corrected chi connectivity index (χ2v) is 5.93. The van der Waals surface area contributed by atoms with Gasteiger partial charge in [0.25, 0.3) is 0 Å². The summed E-state index contributed by atoms with van der Waals surface area (Å²) in [5.41, 5.74) is 0.243. The van der Waals surface area contributed by atoms with Gasteiger partial charge in [-0.1, -0.05) is 18.2 Å². The van der Waals surface area contributed by atoms with Crippen molar-refractivity contribution in [3.05, 3.63) is 60.2 Å². The molecule has 2 aromatic rings. The molecule has 0 aliphatic rings. The number of carbonyl (C=O) groups is 1. The summed E-state index contributed by atoms with van der Waals surface area (Å²) in [7, 11) is -3.77. The fourth-order valence-corrected chi connectivity index (χ4v) is 2.19. The van der Waals surface area contributed by atoms with Crippen LogP contribution in [0.2, 0.25) is 0 Å². The van der Waals surface area contributed by atoms with Crippen molar-refractivity contribution in [1.29, 1.82) is 0 Å². The van der Waals surface area contributed by atoms with Crippen LogP contribution in [-0.4, -0.2) is 27.6 Å². The number of primary sulfonamides is 1. The van der Waals surface area contributed by atoms with Gasteiger partial charge >= 0.3 is 5.97 Å². The van der Waals surface area contributed by atoms with Crippen LogP contribution in [-0.2, 0) is 14.8 Å². The molecule has 22 heavy (non-hydrogen) atoms. The van der Waals surface area contributed by atoms with Crippen LogP contribution in [0, 0.1) is 0 Å². The summed E-state index contributed by atoms with van der Waals surface area (Å²) < 4.78 is 32.6. The van der Waals surface area contributed by atoms with Crippen molar-refractivity contribution in [1.82, 2.24) is 0 Å². The topological polar surface area (TPSA) is 95.7 Å². The summed E-state index contributed by atoms with van der Waals surface area (Å²) in [5, 5.41) is 4.98. The lowest BCUT2D eigenvalue weighted by Gasteiger charge is -2.07. The molecule has 0 heterocycles. The van der Waals surface area contributed by atoms with Gasteiger partial charge in [-0.05, 0) is 36.4 Å². The molecule has 0 fully saturated rings. The first-order valence-corrected chi connectivity index (χ1v) is 7.99. The largest absolute Gasteiger partial charge is 0.490 e. The van der Waals surface area contributed by atoms with Crippen LogP contribution in [0.3, 0.4) is 0 Å². The summed E-state index contributed by atoms with van der Waals surface area (Å²) in [5.74, 6) is 0.133. The van der Waals surface area contributed by atoms with Crippen molar-refractivity contribution in [2.75, 3.05) is 13.2 Å². The molecule has 0 spiro atoms. The van der Waals surface area contributed by atoms with E-state index in [-0.39, 0.29) is 23.7 Å². The molecule has 0 aliphatic carbocycles. The van der Waals surface area contributed by atoms with Gasteiger partial charge in [0, 0.05) is 0 Å². The molecule has 0 bridgehead atoms. The highest BCUT2D eigenvalue weighted by molar-refractivity contribution is 7.89. The van der Waals surface area contributed by atoms with Crippen molar-refractivity contribution in [2.45, 2.75) is 4.90 Å². The minimum atomic E-state index is -3.77. The number of para-hydroxylation sites is 1. The summed E-state index contributed by atoms with van der Waals surface area (Å²) in [6.45, 7) is 0.315. The number of carbonyl (C=O) groups excluding carboxylic acids is 1. The lowest BCUT2D eigenvalue weighted by atomic mass is 10.2. The Morgan fingerprint density at radius 3 is 2.18 bits per heavy atom. The molecule has 0 atom stereocenters. The van der Waals surface area contributed by atoms with Crippen LogP contribution in [0.4, 0.5) is 0 Å². The number of sulfonamides is 1. The highest BCUT2D eigenvalue weighted by Gasteiger charge is 2.11. The number of benzene rings is 2. The zero-order chi connectivity index (χ0) is 16.0. The number of esters is 1. The van der Waals surface area contributed by atoms with Crippen LogP contribution in [0.15, 0.2) is 59.5 Å². The summed E-state index contributed by atoms with van der Waals surface area (Å²) >= 11 is 0. The van der Waals surface area contributed by atoms with Crippen LogP contribution >= 0.6 is 0 Å². The van der Waals surface area contributed by atoms with Gasteiger partial charge < -0.3 is 9.47 Å². The van der Waals surface area contributed by atoms with Crippen molar-refractivity contribution in [3.63, 3.8) is 0 Å². The predicted molar refractivity (Wildman–Crippen MR) is 80.0 cm³/mol. The molecule has 116 valence electrons. The van der Waals surface area contributed by atoms with Crippen molar-refractivity contribution < 1.29 is 22.7 Å². The zero-order valence-corrected chi connectivity index (χ0v) is 12.5. The maximum atomic E-state index is 11.8. The number of hydrogen-bond acceptors (Lipinski definition) is 5. The van der Waals surface area contributed by atoms with E-state index in [1.54, 1.807) is 12.1 Å². The van der Waals surface area contributed by atoms with Crippen molar-refractivity contribution in [2.24, 2.45) is 5.14 Å². The van der Waals surface area contributed by atoms with Crippen LogP contribution in [0.5, 0.6) is 5.75 Å². The van der Waals surface area contributed by atoms with Gasteiger partial charge in [-0.2, -0.15) is 0 Å². The van der Waals surface area contributed by atoms with Crippen molar-refractivity contribution in [3.8, 4) is 5.75 Å². The molecule has 0 saturated heterocycles. The average Bonchev–Trinajstić information content (AvgIpc) is 2.52. The Balaban J connectivity index is 1.82. The van der Waals surface area contributed by atoms with E-state index < -0.39 is 16.0 Å². The maximum Gasteiger partial charge on any atom is 0.338 e. The Hall–Kier alpha value is -2.38. The Kier molecular flexibility index (Phi) is 5.13. The van der Waals surface area contributed by atoms with E-state index >= 15 is 0 Å². The van der Waals surface area contributed by atoms with E-state index in [1.807, 2.05) is 18.2 Å². The molecule has 2 N–H and O–H groups in total. The maximum absolute atomic E-state index is 11.8. The van der Waals surface area contributed by atoms with E-state index in [2.05, 4.69) is 0 Å². The smallest absolute Gasteiger partial charge is 0.338 e. The molecule has 0 aromatic heterocycles. The SMILES string of the molecule is NS(=O)(=O)c1ccc(C(=O)OCCOc2ccccc2)cc1. The number of ether oxygens (including phenoxy) is 2. The first-order valence-electron chi connectivity index (χ1n) is 6.44. The van der Waals surface area contributed by atoms with E-state index in [4.69, 9.17) is 14.6 Å². The van der Waals surface area contributed by atoms with Crippen LogP contribution in [0.25, 0.3) is 0 Å². The molecule has 0 amide bonds. The number of nitrogens with two attached hydrogens (primary N) is 1. The molecular formula is C15H15NO5S. The van der Waals surface area contributed by atoms with Crippen LogP contribution < -0.4 is 9.88 Å². The quantitative estimate of drug-likeness (QED) is 0.643. The average molecular weight is 321 g/mol. The Morgan fingerprint density at radius 1 is 0.955 bits per heavy atom. The molecule has 0 radical (unpaired) electrons. The van der Waals surface area contributed by atoms with E-state index in [9.17, 15) is 13.2 Å². The summed E-state index contributed by atoms with van der Waals surface area (Å²) in [4.78, 5) is 11.7. The zero-order valence-electron chi connectivity index (χ0n) is 11.6. The highest BCUT2D eigenvalue weighted by Crippen LogP contribution is 2.10. The van der Waals surface area contributed by atoms with E-state index in [0.29, 0.717) is 5.75 Å². The minimum absolute atomic E-state index is 0.0588. The Bertz CT molecular complexity index is 726. The summed E-state index contributed by atoms with van der Waals surface area (Å²) in [6.07, 6.45) is 0. The fourth-order valence-electron chi connectivity index (χ4n) is 1.67. The van der Waals surface area contributed by atoms with Gasteiger partial charge in [0.1, 0.15) is 19.0 Å². The minimum Gasteiger partial charge on any atom is -0.490 e. The van der Waals surface area contributed by atoms with Gasteiger partial charge in [-0.25, -0.2) is 18.4 Å². The first kappa shape index (κ1) is 16.0. The number of rotatable bonds is 6. The lowest BCUT2D eigenvalue weighted by molar-refractivity contribution is 0.0450. The van der Waals surface area contributed by atoms with Gasteiger partial charge in [-0.3, -0.25) is 0 Å². The van der Waals surface area contributed by atoms with Gasteiger partial charge in [0.05, 0.1) is 10.5 Å². The fraction of sp³-hybridized carbons (Fsp3) is 0.133. The first-order chi connectivity index (χ1) is 10.5. The van der Waals surface area contributed by atoms with Crippen molar-refractivity contribution >= 4 is 16.0 Å². The predicted octanol–water partition coefficient (Wildman–Crippen LogP) is 1.57. The normalized spacial score (nSPS) is 11.0. The molecule has 0 unspecified atom stereocenters. The number of hydrogen-bond donors (Lipinski definition) is 1. The molecule has 0 saturated carbocycles. The molecular weight excluding hydrogens is 306 g/mol. The second-order valence-electron chi connectivity index (χ2n) is 4.37. The molecule has 0 aliphatic heterocycles. The molecule has 2 aromatic carbocycles. The second kappa shape index (κ2) is 7.06. The van der Waals surface area contributed by atoms with E-state index in [0.717, 1.165) is 0 Å². The standard InChI is InChI=1S/C15H15NO5S/c16-22(18,19)14-8-6-12(7-9-14)15(17)21-11-10-20-13-4-2-1-3-5-13/h1-9H,10-11H2,(H2,16,18,19). The third kappa shape index (κ3) is 4.57. The lowest BCUT2D eigenvalue weighted by Crippen LogP contribution is -2.14. The van der Waals surface area contributed by atoms with Crippen LogP contribution in [0.1, 0.15) is 10.4 Å². The monoisotopic (exact) mass is 321 g/mol. The molecule has 2 rings (SSSR count). The third-order valence-electron chi connectivity index (χ3n) is 2.75. The van der Waals surface area contributed by atoms with E-state index in [1.165, 1.54) is 24.3 Å². The third-order valence-corrected chi connectivity index (χ3v) is 3.68. The Labute approximate surface area is 128 Å². The van der Waals surface area contributed by atoms with Gasteiger partial charge in [0.2, 0.25) is 10.0 Å². The van der Waals surface area contributed by atoms with Gasteiger partial charge in [-0.15, -0.1) is 0 Å². The highest BCUT2D eigenvalue weighted by atomic mass is 32.2. The summed E-state index contributed by atoms with van der Waals surface area (Å²) in [6, 6.07) is 14.4.